The Balaban J connectivity index is 0.000000791. The SMILES string of the molecule is O=C(O)c1ccc(C(=O)O)cc1.[NH2][Zr]. The topological polar surface area (TPSA) is 101 Å². The van der Waals surface area contributed by atoms with Gasteiger partial charge in [0.1, 0.15) is 0 Å². The first kappa shape index (κ1) is 13.0. The molecule has 0 aliphatic carbocycles. The van der Waals surface area contributed by atoms with Crippen LogP contribution in [-0.4, -0.2) is 22.2 Å². The number of aromatic carboxylic acids is 2. The molecule has 73 valence electrons. The van der Waals surface area contributed by atoms with Crippen molar-refractivity contribution < 1.29 is 44.8 Å². The molecule has 1 aromatic rings. The third-order valence-electron chi connectivity index (χ3n) is 1.38. The molecule has 0 unspecified atom stereocenters. The van der Waals surface area contributed by atoms with Gasteiger partial charge in [0, 0.05) is 0 Å². The van der Waals surface area contributed by atoms with Gasteiger partial charge >= 0.3 is 40.6 Å². The molecule has 0 spiro atoms. The Kier molecular flexibility index (Phi) is 6.00. The molecule has 6 heteroatoms. The molecule has 1 rings (SSSR count). The second-order valence-electron chi connectivity index (χ2n) is 2.19. The summed E-state index contributed by atoms with van der Waals surface area (Å²) in [6.45, 7) is 0. The minimum absolute atomic E-state index is 0.0833. The van der Waals surface area contributed by atoms with Crippen LogP contribution in [-0.2, 0) is 25.0 Å². The summed E-state index contributed by atoms with van der Waals surface area (Å²) in [5.74, 6) is -2.13. The van der Waals surface area contributed by atoms with E-state index < -0.39 is 11.9 Å². The van der Waals surface area contributed by atoms with E-state index in [0.717, 1.165) is 25.0 Å². The van der Waals surface area contributed by atoms with Crippen LogP contribution in [0.25, 0.3) is 0 Å². The molecule has 0 heterocycles. The van der Waals surface area contributed by atoms with Crippen molar-refractivity contribution in [2.75, 3.05) is 0 Å². The van der Waals surface area contributed by atoms with Gasteiger partial charge in [-0.2, -0.15) is 0 Å². The maximum absolute atomic E-state index is 10.3. The molecule has 0 amide bonds. The molecule has 0 saturated heterocycles. The third kappa shape index (κ3) is 3.81. The second kappa shape index (κ2) is 6.46. The Morgan fingerprint density at radius 2 is 1.14 bits per heavy atom. The van der Waals surface area contributed by atoms with E-state index in [9.17, 15) is 9.59 Å². The molecule has 0 bridgehead atoms. The van der Waals surface area contributed by atoms with E-state index in [1.165, 1.54) is 24.3 Å². The molecule has 0 aromatic heterocycles. The summed E-state index contributed by atoms with van der Waals surface area (Å²) in [6, 6.07) is 5.02. The van der Waals surface area contributed by atoms with Gasteiger partial charge in [0.2, 0.25) is 0 Å². The van der Waals surface area contributed by atoms with Gasteiger partial charge in [0.15, 0.2) is 0 Å². The first-order chi connectivity index (χ1) is 6.61. The summed E-state index contributed by atoms with van der Waals surface area (Å²) in [5.41, 5.74) is 0.167. The monoisotopic (exact) mass is 272 g/mol. The molecule has 1 aromatic carbocycles. The van der Waals surface area contributed by atoms with Gasteiger partial charge in [0.05, 0.1) is 11.1 Å². The van der Waals surface area contributed by atoms with Crippen LogP contribution < -0.4 is 3.68 Å². The van der Waals surface area contributed by atoms with E-state index in [4.69, 9.17) is 10.2 Å². The number of carboxylic acid groups (broad SMARTS) is 2. The van der Waals surface area contributed by atoms with Crippen molar-refractivity contribution >= 4 is 11.9 Å². The molecule has 0 atom stereocenters. The first-order valence-electron chi connectivity index (χ1n) is 3.47. The molecular weight excluding hydrogens is 265 g/mol. The Morgan fingerprint density at radius 1 is 0.929 bits per heavy atom. The van der Waals surface area contributed by atoms with Crippen LogP contribution in [0.2, 0.25) is 0 Å². The van der Waals surface area contributed by atoms with Crippen LogP contribution in [0.3, 0.4) is 0 Å². The van der Waals surface area contributed by atoms with Crippen LogP contribution in [0.4, 0.5) is 0 Å². The first-order valence-corrected chi connectivity index (χ1v) is 4.88. The van der Waals surface area contributed by atoms with E-state index in [0.29, 0.717) is 0 Å². The Hall–Kier alpha value is -0.997. The normalized spacial score (nSPS) is 8.29. The fourth-order valence-electron chi connectivity index (χ4n) is 0.755. The van der Waals surface area contributed by atoms with Crippen LogP contribution in [0.1, 0.15) is 20.7 Å². The van der Waals surface area contributed by atoms with Crippen LogP contribution in [0.5, 0.6) is 0 Å². The predicted octanol–water partition coefficient (Wildman–Crippen LogP) is 0.490. The Bertz CT molecular complexity index is 290. The fraction of sp³-hybridized carbons (Fsp3) is 0. The van der Waals surface area contributed by atoms with Crippen molar-refractivity contribution in [3.63, 3.8) is 0 Å². The van der Waals surface area contributed by atoms with Gasteiger partial charge in [-0.3, -0.25) is 0 Å². The molecule has 0 radical (unpaired) electrons. The molecular formula is C8H8NO4Zr. The second-order valence-corrected chi connectivity index (χ2v) is 2.19. The number of hydrogen-bond acceptors (Lipinski definition) is 3. The molecule has 0 aliphatic rings. The van der Waals surface area contributed by atoms with Gasteiger partial charge in [-0.05, 0) is 24.3 Å². The van der Waals surface area contributed by atoms with Crippen LogP contribution >= 0.6 is 0 Å². The summed E-state index contributed by atoms with van der Waals surface area (Å²) in [5, 5.41) is 16.9. The maximum atomic E-state index is 10.3. The van der Waals surface area contributed by atoms with Crippen LogP contribution in [0.15, 0.2) is 24.3 Å². The fourth-order valence-corrected chi connectivity index (χ4v) is 0.755. The summed E-state index contributed by atoms with van der Waals surface area (Å²) in [7, 11) is 0. The van der Waals surface area contributed by atoms with E-state index in [1.807, 2.05) is 0 Å². The number of nitrogens with two attached hydrogens (primary N) is 1. The number of hydrogen-bond donors (Lipinski definition) is 3. The van der Waals surface area contributed by atoms with Crippen LogP contribution in [0, 0.1) is 0 Å². The molecule has 0 fully saturated rings. The minimum atomic E-state index is -1.06. The molecule has 14 heavy (non-hydrogen) atoms. The average molecular weight is 273 g/mol. The molecule has 0 aliphatic heterocycles. The zero-order valence-electron chi connectivity index (χ0n) is 7.10. The van der Waals surface area contributed by atoms with Gasteiger partial charge in [-0.15, -0.1) is 0 Å². The Morgan fingerprint density at radius 3 is 1.29 bits per heavy atom. The summed E-state index contributed by atoms with van der Waals surface area (Å²) >= 11 is 1.05. The predicted molar refractivity (Wildman–Crippen MR) is 44.5 cm³/mol. The number of carboxylic acids is 2. The van der Waals surface area contributed by atoms with Gasteiger partial charge in [0.25, 0.3) is 0 Å². The van der Waals surface area contributed by atoms with E-state index >= 15 is 0 Å². The zero-order chi connectivity index (χ0) is 11.1. The standard InChI is InChI=1S/C8H6O4.H2N.Zr/c9-7(10)5-1-2-6(4-3-5)8(11)12;;/h1-4H,(H,9,10)(H,11,12);1H2;/q;-1;+1. The molecule has 4 N–H and O–H groups in total. The quantitative estimate of drug-likeness (QED) is 0.728. The number of rotatable bonds is 2. The summed E-state index contributed by atoms with van der Waals surface area (Å²) < 4.78 is 4.59. The number of benzene rings is 1. The van der Waals surface area contributed by atoms with E-state index in [-0.39, 0.29) is 11.1 Å². The molecule has 5 nitrogen and oxygen atoms in total. The van der Waals surface area contributed by atoms with Crippen molar-refractivity contribution in [2.24, 2.45) is 3.68 Å². The van der Waals surface area contributed by atoms with Crippen molar-refractivity contribution in [1.82, 2.24) is 0 Å². The average Bonchev–Trinajstić information content (AvgIpc) is 2.21. The summed E-state index contributed by atoms with van der Waals surface area (Å²) in [6.07, 6.45) is 0. The molecule has 0 saturated carbocycles. The third-order valence-corrected chi connectivity index (χ3v) is 1.38. The number of carbonyl (C=O) groups is 2. The van der Waals surface area contributed by atoms with Gasteiger partial charge in [-0.25, -0.2) is 9.59 Å². The van der Waals surface area contributed by atoms with Crippen molar-refractivity contribution in [2.45, 2.75) is 0 Å². The Labute approximate surface area is 95.8 Å². The van der Waals surface area contributed by atoms with Crippen molar-refractivity contribution in [3.8, 4) is 0 Å². The van der Waals surface area contributed by atoms with Crippen molar-refractivity contribution in [3.05, 3.63) is 35.4 Å². The van der Waals surface area contributed by atoms with Gasteiger partial charge < -0.3 is 10.2 Å². The van der Waals surface area contributed by atoms with E-state index in [2.05, 4.69) is 3.68 Å². The summed E-state index contributed by atoms with van der Waals surface area (Å²) in [4.78, 5) is 20.7. The zero-order valence-corrected chi connectivity index (χ0v) is 9.56. The van der Waals surface area contributed by atoms with E-state index in [1.54, 1.807) is 0 Å². The van der Waals surface area contributed by atoms with Crippen molar-refractivity contribution in [1.29, 1.82) is 0 Å². The van der Waals surface area contributed by atoms with Gasteiger partial charge in [-0.1, -0.05) is 0 Å².